The number of likely N-dealkylation sites (tertiary alicyclic amines) is 1. The molecular formula is C11H17N3OS. The SMILES string of the molecule is CC(Nc1nccs1)C(=O)N1CCCCC1. The van der Waals surface area contributed by atoms with Crippen LogP contribution in [0.5, 0.6) is 0 Å². The van der Waals surface area contributed by atoms with Crippen molar-refractivity contribution in [1.82, 2.24) is 9.88 Å². The van der Waals surface area contributed by atoms with Crippen LogP contribution in [0.15, 0.2) is 11.6 Å². The molecule has 1 N–H and O–H groups in total. The lowest BCUT2D eigenvalue weighted by Gasteiger charge is -2.29. The molecule has 88 valence electrons. The predicted octanol–water partition coefficient (Wildman–Crippen LogP) is 1.96. The van der Waals surface area contributed by atoms with E-state index >= 15 is 0 Å². The van der Waals surface area contributed by atoms with Gasteiger partial charge in [0.05, 0.1) is 0 Å². The Labute approximate surface area is 99.7 Å². The quantitative estimate of drug-likeness (QED) is 0.877. The molecule has 1 aromatic heterocycles. The second-order valence-electron chi connectivity index (χ2n) is 4.09. The number of rotatable bonds is 3. The first-order valence-electron chi connectivity index (χ1n) is 5.72. The molecule has 1 aliphatic rings. The van der Waals surface area contributed by atoms with Gasteiger partial charge in [0.25, 0.3) is 0 Å². The van der Waals surface area contributed by atoms with Crippen molar-refractivity contribution in [3.63, 3.8) is 0 Å². The zero-order valence-electron chi connectivity index (χ0n) is 9.48. The summed E-state index contributed by atoms with van der Waals surface area (Å²) in [4.78, 5) is 18.1. The number of nitrogens with zero attached hydrogens (tertiary/aromatic N) is 2. The van der Waals surface area contributed by atoms with Crippen LogP contribution in [0.25, 0.3) is 0 Å². The molecule has 1 aliphatic heterocycles. The van der Waals surface area contributed by atoms with Gasteiger partial charge in [0.1, 0.15) is 6.04 Å². The van der Waals surface area contributed by atoms with E-state index in [4.69, 9.17) is 0 Å². The predicted molar refractivity (Wildman–Crippen MR) is 65.6 cm³/mol. The lowest BCUT2D eigenvalue weighted by atomic mass is 10.1. The van der Waals surface area contributed by atoms with E-state index < -0.39 is 0 Å². The molecule has 4 nitrogen and oxygen atoms in total. The van der Waals surface area contributed by atoms with E-state index in [0.717, 1.165) is 31.1 Å². The van der Waals surface area contributed by atoms with Gasteiger partial charge in [0, 0.05) is 24.7 Å². The van der Waals surface area contributed by atoms with Crippen LogP contribution in [-0.2, 0) is 4.79 Å². The van der Waals surface area contributed by atoms with Crippen LogP contribution in [0.3, 0.4) is 0 Å². The van der Waals surface area contributed by atoms with E-state index in [1.165, 1.54) is 17.8 Å². The van der Waals surface area contributed by atoms with Crippen molar-refractivity contribution in [1.29, 1.82) is 0 Å². The zero-order chi connectivity index (χ0) is 11.4. The van der Waals surface area contributed by atoms with Gasteiger partial charge in [-0.25, -0.2) is 4.98 Å². The molecule has 0 radical (unpaired) electrons. The van der Waals surface area contributed by atoms with Crippen molar-refractivity contribution in [2.75, 3.05) is 18.4 Å². The molecule has 1 amide bonds. The smallest absolute Gasteiger partial charge is 0.244 e. The summed E-state index contributed by atoms with van der Waals surface area (Å²) in [6, 6.07) is -0.177. The zero-order valence-corrected chi connectivity index (χ0v) is 10.3. The van der Waals surface area contributed by atoms with Crippen LogP contribution in [0.2, 0.25) is 0 Å². The Kier molecular flexibility index (Phi) is 3.77. The van der Waals surface area contributed by atoms with E-state index in [1.807, 2.05) is 17.2 Å². The number of hydrogen-bond acceptors (Lipinski definition) is 4. The molecule has 0 aliphatic carbocycles. The Hall–Kier alpha value is -1.10. The number of thiazole rings is 1. The van der Waals surface area contributed by atoms with Crippen LogP contribution in [0, 0.1) is 0 Å². The highest BCUT2D eigenvalue weighted by Gasteiger charge is 2.22. The maximum absolute atomic E-state index is 12.1. The van der Waals surface area contributed by atoms with Gasteiger partial charge in [0.15, 0.2) is 5.13 Å². The fourth-order valence-electron chi connectivity index (χ4n) is 1.93. The molecule has 2 rings (SSSR count). The van der Waals surface area contributed by atoms with Gasteiger partial charge in [-0.05, 0) is 26.2 Å². The minimum absolute atomic E-state index is 0.177. The molecule has 5 heteroatoms. The van der Waals surface area contributed by atoms with E-state index in [2.05, 4.69) is 10.3 Å². The summed E-state index contributed by atoms with van der Waals surface area (Å²) < 4.78 is 0. The molecule has 16 heavy (non-hydrogen) atoms. The summed E-state index contributed by atoms with van der Waals surface area (Å²) in [5.41, 5.74) is 0. The average molecular weight is 239 g/mol. The Bertz CT molecular complexity index is 333. The van der Waals surface area contributed by atoms with Crippen LogP contribution in [0.4, 0.5) is 5.13 Å². The fraction of sp³-hybridized carbons (Fsp3) is 0.636. The minimum Gasteiger partial charge on any atom is -0.350 e. The first kappa shape index (κ1) is 11.4. The van der Waals surface area contributed by atoms with Crippen molar-refractivity contribution < 1.29 is 4.79 Å². The van der Waals surface area contributed by atoms with E-state index in [0.29, 0.717) is 0 Å². The second kappa shape index (κ2) is 5.30. The van der Waals surface area contributed by atoms with Gasteiger partial charge in [-0.1, -0.05) is 0 Å². The van der Waals surface area contributed by atoms with Gasteiger partial charge in [-0.15, -0.1) is 11.3 Å². The average Bonchev–Trinajstić information content (AvgIpc) is 2.82. The first-order valence-corrected chi connectivity index (χ1v) is 6.60. The third-order valence-electron chi connectivity index (χ3n) is 2.81. The molecule has 0 bridgehead atoms. The van der Waals surface area contributed by atoms with Gasteiger partial charge in [-0.2, -0.15) is 0 Å². The van der Waals surface area contributed by atoms with Crippen LogP contribution in [0.1, 0.15) is 26.2 Å². The number of nitrogens with one attached hydrogen (secondary N) is 1. The highest BCUT2D eigenvalue weighted by molar-refractivity contribution is 7.13. The van der Waals surface area contributed by atoms with Crippen molar-refractivity contribution in [3.8, 4) is 0 Å². The molecule has 1 unspecified atom stereocenters. The van der Waals surface area contributed by atoms with Gasteiger partial charge in [0.2, 0.25) is 5.91 Å². The van der Waals surface area contributed by atoms with Crippen molar-refractivity contribution >= 4 is 22.4 Å². The Balaban J connectivity index is 1.88. The second-order valence-corrected chi connectivity index (χ2v) is 4.98. The standard InChI is InChI=1S/C11H17N3OS/c1-9(13-11-12-5-8-16-11)10(15)14-6-3-2-4-7-14/h5,8-9H,2-4,6-7H2,1H3,(H,12,13). The number of carbonyl (C=O) groups excluding carboxylic acids is 1. The number of hydrogen-bond donors (Lipinski definition) is 1. The molecule has 0 spiro atoms. The maximum atomic E-state index is 12.1. The number of aromatic nitrogens is 1. The van der Waals surface area contributed by atoms with Crippen LogP contribution >= 0.6 is 11.3 Å². The lowest BCUT2D eigenvalue weighted by molar-refractivity contribution is -0.132. The monoisotopic (exact) mass is 239 g/mol. The molecule has 1 atom stereocenters. The Morgan fingerprint density at radius 3 is 2.88 bits per heavy atom. The molecule has 1 aromatic rings. The summed E-state index contributed by atoms with van der Waals surface area (Å²) >= 11 is 1.52. The van der Waals surface area contributed by atoms with E-state index in [-0.39, 0.29) is 11.9 Å². The third kappa shape index (κ3) is 2.72. The van der Waals surface area contributed by atoms with Gasteiger partial charge >= 0.3 is 0 Å². The highest BCUT2D eigenvalue weighted by atomic mass is 32.1. The van der Waals surface area contributed by atoms with Crippen molar-refractivity contribution in [3.05, 3.63) is 11.6 Å². The largest absolute Gasteiger partial charge is 0.350 e. The molecule has 0 aromatic carbocycles. The summed E-state index contributed by atoms with van der Waals surface area (Å²) in [7, 11) is 0. The Morgan fingerprint density at radius 2 is 2.25 bits per heavy atom. The van der Waals surface area contributed by atoms with E-state index in [9.17, 15) is 4.79 Å². The minimum atomic E-state index is -0.177. The van der Waals surface area contributed by atoms with Gasteiger partial charge in [-0.3, -0.25) is 4.79 Å². The summed E-state index contributed by atoms with van der Waals surface area (Å²) in [6.45, 7) is 3.71. The molecule has 2 heterocycles. The summed E-state index contributed by atoms with van der Waals surface area (Å²) in [5.74, 6) is 0.190. The normalized spacial score (nSPS) is 18.2. The number of carbonyl (C=O) groups is 1. The molecule has 1 saturated heterocycles. The summed E-state index contributed by atoms with van der Waals surface area (Å²) in [6.07, 6.45) is 5.26. The van der Waals surface area contributed by atoms with Crippen LogP contribution in [-0.4, -0.2) is 34.9 Å². The van der Waals surface area contributed by atoms with Crippen LogP contribution < -0.4 is 5.32 Å². The number of anilines is 1. The highest BCUT2D eigenvalue weighted by Crippen LogP contribution is 2.14. The maximum Gasteiger partial charge on any atom is 0.244 e. The summed E-state index contributed by atoms with van der Waals surface area (Å²) in [5, 5.41) is 5.86. The molecule has 1 fully saturated rings. The lowest BCUT2D eigenvalue weighted by Crippen LogP contribution is -2.43. The molecule has 0 saturated carbocycles. The Morgan fingerprint density at radius 1 is 1.50 bits per heavy atom. The van der Waals surface area contributed by atoms with Crippen molar-refractivity contribution in [2.45, 2.75) is 32.2 Å². The van der Waals surface area contributed by atoms with E-state index in [1.54, 1.807) is 6.20 Å². The number of amides is 1. The third-order valence-corrected chi connectivity index (χ3v) is 3.51. The molecular weight excluding hydrogens is 222 g/mol. The van der Waals surface area contributed by atoms with Crippen molar-refractivity contribution in [2.24, 2.45) is 0 Å². The number of piperidine rings is 1. The fourth-order valence-corrected chi connectivity index (χ4v) is 2.55. The van der Waals surface area contributed by atoms with Gasteiger partial charge < -0.3 is 10.2 Å². The first-order chi connectivity index (χ1) is 7.77. The topological polar surface area (TPSA) is 45.2 Å².